The van der Waals surface area contributed by atoms with E-state index in [0.29, 0.717) is 25.8 Å². The molecule has 0 heterocycles. The molecule has 0 aromatic rings. The topological polar surface area (TPSA) is 112 Å². The normalized spacial score (nSPS) is 16.5. The lowest BCUT2D eigenvalue weighted by Crippen LogP contribution is -2.58. The molecule has 31 heavy (non-hydrogen) atoms. The van der Waals surface area contributed by atoms with Crippen LogP contribution in [0.15, 0.2) is 12.2 Å². The number of carboxylic acid groups (broad SMARTS) is 3. The molecule has 0 bridgehead atoms. The van der Waals surface area contributed by atoms with Crippen LogP contribution in [0.1, 0.15) is 79.1 Å². The minimum atomic E-state index is -0.900. The number of carboxylic acids is 3. The number of rotatable bonds is 19. The lowest BCUT2D eigenvalue weighted by atomic mass is 9.95. The van der Waals surface area contributed by atoms with E-state index < -0.39 is 35.7 Å². The van der Waals surface area contributed by atoms with Gasteiger partial charge in [0.2, 0.25) is 0 Å². The van der Waals surface area contributed by atoms with Gasteiger partial charge < -0.3 is 19.8 Å². The molecule has 0 saturated carbocycles. The highest BCUT2D eigenvalue weighted by atomic mass is 16.4. The molecule has 0 rings (SSSR count). The van der Waals surface area contributed by atoms with E-state index in [0.717, 1.165) is 32.1 Å². The number of hydrogen-bond acceptors (Lipinski definition) is 3. The fourth-order valence-corrected chi connectivity index (χ4v) is 4.28. The largest absolute Gasteiger partial charge is 0.481 e. The molecule has 7 heteroatoms. The van der Waals surface area contributed by atoms with Crippen molar-refractivity contribution >= 4 is 17.9 Å². The lowest BCUT2D eigenvalue weighted by molar-refractivity contribution is -0.935. The van der Waals surface area contributed by atoms with Crippen LogP contribution in [0.2, 0.25) is 0 Å². The first kappa shape index (κ1) is 29.1. The van der Waals surface area contributed by atoms with Crippen LogP contribution in [0.3, 0.4) is 0 Å². The summed E-state index contributed by atoms with van der Waals surface area (Å²) in [6.07, 6.45) is 10.4. The Morgan fingerprint density at radius 2 is 1.10 bits per heavy atom. The van der Waals surface area contributed by atoms with Crippen molar-refractivity contribution in [3.63, 3.8) is 0 Å². The summed E-state index contributed by atoms with van der Waals surface area (Å²) in [6, 6.07) is 0. The average Bonchev–Trinajstić information content (AvgIpc) is 2.72. The van der Waals surface area contributed by atoms with Crippen LogP contribution in [0.25, 0.3) is 0 Å². The number of unbranched alkanes of at least 4 members (excludes halogenated alkanes) is 4. The van der Waals surface area contributed by atoms with Crippen molar-refractivity contribution in [2.45, 2.75) is 79.1 Å². The second-order valence-corrected chi connectivity index (χ2v) is 8.72. The zero-order valence-electron chi connectivity index (χ0n) is 19.9. The first-order valence-electron chi connectivity index (χ1n) is 11.8. The van der Waals surface area contributed by atoms with Crippen LogP contribution < -0.4 is 0 Å². The predicted molar refractivity (Wildman–Crippen MR) is 122 cm³/mol. The molecule has 3 unspecified atom stereocenters. The number of hydrogen-bond donors (Lipinski definition) is 3. The van der Waals surface area contributed by atoms with Gasteiger partial charge in [0.25, 0.3) is 0 Å². The van der Waals surface area contributed by atoms with Crippen molar-refractivity contribution in [1.29, 1.82) is 0 Å². The third-order valence-corrected chi connectivity index (χ3v) is 6.34. The zero-order valence-corrected chi connectivity index (χ0v) is 19.9. The van der Waals surface area contributed by atoms with E-state index >= 15 is 0 Å². The van der Waals surface area contributed by atoms with Gasteiger partial charge in [0, 0.05) is 0 Å². The summed E-state index contributed by atoms with van der Waals surface area (Å²) in [5, 5.41) is 29.0. The third-order valence-electron chi connectivity index (χ3n) is 6.34. The Hall–Kier alpha value is -1.89. The molecule has 0 aliphatic carbocycles. The zero-order chi connectivity index (χ0) is 23.9. The molecule has 0 saturated heterocycles. The standard InChI is InChI=1S/C24H43NO6/c1-5-9-10-11-12-13-14-15-25(16-19(6-2)22(26)27,17-20(7-3)23(28)29)18-21(8-4)24(30)31/h5,9,19-21H,6-8,10-18H2,1-4H3,(H2-,26,27,28,29,30,31)/p+1/b9-5+. The van der Waals surface area contributed by atoms with Gasteiger partial charge in [-0.05, 0) is 51.9 Å². The molecule has 7 nitrogen and oxygen atoms in total. The molecule has 0 amide bonds. The Bertz CT molecular complexity index is 515. The van der Waals surface area contributed by atoms with Gasteiger partial charge in [-0.25, -0.2) is 0 Å². The smallest absolute Gasteiger partial charge is 0.312 e. The Morgan fingerprint density at radius 3 is 1.42 bits per heavy atom. The minimum Gasteiger partial charge on any atom is -0.481 e. The van der Waals surface area contributed by atoms with E-state index in [-0.39, 0.29) is 24.1 Å². The molecule has 0 fully saturated rings. The summed E-state index contributed by atoms with van der Waals surface area (Å²) in [5.74, 6) is -4.55. The van der Waals surface area contributed by atoms with Crippen LogP contribution in [-0.2, 0) is 14.4 Å². The number of aliphatic carboxylic acids is 3. The molecule has 0 aliphatic rings. The molecular weight excluding hydrogens is 398 g/mol. The molecule has 0 radical (unpaired) electrons. The summed E-state index contributed by atoms with van der Waals surface area (Å²) in [7, 11) is 0. The Morgan fingerprint density at radius 1 is 0.710 bits per heavy atom. The van der Waals surface area contributed by atoms with Crippen molar-refractivity contribution in [3.05, 3.63) is 12.2 Å². The maximum absolute atomic E-state index is 11.8. The molecule has 3 atom stereocenters. The Balaban J connectivity index is 5.75. The second kappa shape index (κ2) is 15.8. The van der Waals surface area contributed by atoms with Crippen LogP contribution in [0.4, 0.5) is 0 Å². The van der Waals surface area contributed by atoms with E-state index in [2.05, 4.69) is 6.08 Å². The maximum atomic E-state index is 11.8. The van der Waals surface area contributed by atoms with Crippen molar-refractivity contribution < 1.29 is 34.2 Å². The highest BCUT2D eigenvalue weighted by Crippen LogP contribution is 2.25. The lowest BCUT2D eigenvalue weighted by Gasteiger charge is -2.43. The first-order chi connectivity index (χ1) is 14.7. The molecule has 180 valence electrons. The van der Waals surface area contributed by atoms with Gasteiger partial charge in [-0.15, -0.1) is 0 Å². The predicted octanol–water partition coefficient (Wildman–Crippen LogP) is 4.66. The summed E-state index contributed by atoms with van der Waals surface area (Å²) < 4.78 is 0.245. The average molecular weight is 443 g/mol. The summed E-state index contributed by atoms with van der Waals surface area (Å²) in [5.41, 5.74) is 0. The molecule has 0 spiro atoms. The second-order valence-electron chi connectivity index (χ2n) is 8.72. The van der Waals surface area contributed by atoms with Gasteiger partial charge in [0.15, 0.2) is 0 Å². The van der Waals surface area contributed by atoms with Crippen LogP contribution >= 0.6 is 0 Å². The van der Waals surface area contributed by atoms with Crippen molar-refractivity contribution in [2.24, 2.45) is 17.8 Å². The molecule has 0 aromatic heterocycles. The van der Waals surface area contributed by atoms with Gasteiger partial charge in [-0.1, -0.05) is 39.3 Å². The maximum Gasteiger partial charge on any atom is 0.312 e. The Kier molecular flexibility index (Phi) is 14.9. The van der Waals surface area contributed by atoms with Gasteiger partial charge in [0.05, 0.1) is 26.2 Å². The van der Waals surface area contributed by atoms with Crippen molar-refractivity contribution in [3.8, 4) is 0 Å². The number of carbonyl (C=O) groups is 3. The van der Waals surface area contributed by atoms with E-state index in [1.807, 2.05) is 33.8 Å². The molecule has 0 aliphatic heterocycles. The number of nitrogens with zero attached hydrogens (tertiary/aromatic N) is 1. The van der Waals surface area contributed by atoms with Gasteiger partial charge in [-0.2, -0.15) is 0 Å². The van der Waals surface area contributed by atoms with Gasteiger partial charge in [0.1, 0.15) is 17.8 Å². The van der Waals surface area contributed by atoms with Crippen molar-refractivity contribution in [2.75, 3.05) is 26.2 Å². The van der Waals surface area contributed by atoms with E-state index in [9.17, 15) is 29.7 Å². The van der Waals surface area contributed by atoms with E-state index in [1.54, 1.807) is 0 Å². The third kappa shape index (κ3) is 11.3. The van der Waals surface area contributed by atoms with E-state index in [4.69, 9.17) is 0 Å². The first-order valence-corrected chi connectivity index (χ1v) is 11.8. The fraction of sp³-hybridized carbons (Fsp3) is 0.792. The van der Waals surface area contributed by atoms with Crippen LogP contribution in [-0.4, -0.2) is 63.9 Å². The molecule has 3 N–H and O–H groups in total. The fourth-order valence-electron chi connectivity index (χ4n) is 4.28. The van der Waals surface area contributed by atoms with Gasteiger partial charge >= 0.3 is 17.9 Å². The molecule has 0 aromatic carbocycles. The highest BCUT2D eigenvalue weighted by molar-refractivity contribution is 5.71. The summed E-state index contributed by atoms with van der Waals surface area (Å²) >= 11 is 0. The van der Waals surface area contributed by atoms with E-state index in [1.165, 1.54) is 0 Å². The Labute approximate surface area is 187 Å². The minimum absolute atomic E-state index is 0.245. The molecular formula is C24H44NO6+. The van der Waals surface area contributed by atoms with Gasteiger partial charge in [-0.3, -0.25) is 14.4 Å². The number of allylic oxidation sites excluding steroid dienone is 2. The van der Waals surface area contributed by atoms with Crippen LogP contribution in [0.5, 0.6) is 0 Å². The summed E-state index contributed by atoms with van der Waals surface area (Å²) in [4.78, 5) is 35.4. The number of quaternary nitrogens is 1. The SMILES string of the molecule is C/C=C/CCCCCC[N+](CC(CC)C(=O)O)(CC(CC)C(=O)O)CC(CC)C(=O)O. The van der Waals surface area contributed by atoms with Crippen molar-refractivity contribution in [1.82, 2.24) is 0 Å². The quantitative estimate of drug-likeness (QED) is 0.152. The van der Waals surface area contributed by atoms with Crippen LogP contribution in [0, 0.1) is 17.8 Å². The monoisotopic (exact) mass is 442 g/mol. The highest BCUT2D eigenvalue weighted by Gasteiger charge is 2.40. The summed E-state index contributed by atoms with van der Waals surface area (Å²) in [6.45, 7) is 8.89.